The third kappa shape index (κ3) is 2.61. The predicted octanol–water partition coefficient (Wildman–Crippen LogP) is 3.36. The molecule has 0 radical (unpaired) electrons. The highest BCUT2D eigenvalue weighted by Gasteiger charge is 2.02. The summed E-state index contributed by atoms with van der Waals surface area (Å²) in [7, 11) is 0. The second-order valence-electron chi connectivity index (χ2n) is 3.81. The number of benzene rings is 1. The van der Waals surface area contributed by atoms with Crippen molar-refractivity contribution >= 4 is 0 Å². The molecule has 0 N–H and O–H groups in total. The number of hydrogen-bond acceptors (Lipinski definition) is 3. The number of ether oxygens (including phenoxy) is 1. The van der Waals surface area contributed by atoms with Gasteiger partial charge in [-0.25, -0.2) is 4.98 Å². The van der Waals surface area contributed by atoms with Crippen molar-refractivity contribution in [3.05, 3.63) is 53.2 Å². The van der Waals surface area contributed by atoms with Crippen molar-refractivity contribution in [2.45, 2.75) is 13.8 Å². The van der Waals surface area contributed by atoms with Crippen LogP contribution in [0.3, 0.4) is 0 Å². The van der Waals surface area contributed by atoms with Crippen LogP contribution >= 0.6 is 0 Å². The molecule has 0 amide bonds. The molecular weight excluding hydrogens is 212 g/mol. The third-order valence-corrected chi connectivity index (χ3v) is 2.40. The second-order valence-corrected chi connectivity index (χ2v) is 3.81. The molecule has 84 valence electrons. The first-order valence-electron chi connectivity index (χ1n) is 5.31. The third-order valence-electron chi connectivity index (χ3n) is 2.40. The molecule has 0 aliphatic rings. The van der Waals surface area contributed by atoms with Crippen LogP contribution in [0, 0.1) is 25.2 Å². The maximum atomic E-state index is 8.83. The quantitative estimate of drug-likeness (QED) is 0.785. The molecule has 0 atom stereocenters. The van der Waals surface area contributed by atoms with Crippen molar-refractivity contribution in [1.29, 1.82) is 5.26 Å². The zero-order chi connectivity index (χ0) is 12.3. The van der Waals surface area contributed by atoms with E-state index in [0.717, 1.165) is 11.3 Å². The van der Waals surface area contributed by atoms with Gasteiger partial charge in [0.2, 0.25) is 5.88 Å². The Morgan fingerprint density at radius 1 is 1.18 bits per heavy atom. The molecule has 2 aromatic rings. The van der Waals surface area contributed by atoms with Crippen molar-refractivity contribution < 1.29 is 4.74 Å². The van der Waals surface area contributed by atoms with E-state index < -0.39 is 0 Å². The summed E-state index contributed by atoms with van der Waals surface area (Å²) in [5, 5.41) is 8.83. The van der Waals surface area contributed by atoms with Gasteiger partial charge in [0.1, 0.15) is 5.75 Å². The number of pyridine rings is 1. The van der Waals surface area contributed by atoms with Crippen LogP contribution in [0.15, 0.2) is 36.4 Å². The first-order chi connectivity index (χ1) is 8.19. The van der Waals surface area contributed by atoms with Gasteiger partial charge in [-0.1, -0.05) is 6.07 Å². The SMILES string of the molecule is Cc1cccc(Oc2ccc(C#N)c(C)c2)n1. The molecule has 0 unspecified atom stereocenters. The zero-order valence-electron chi connectivity index (χ0n) is 9.77. The molecule has 0 saturated heterocycles. The molecule has 0 saturated carbocycles. The number of nitriles is 1. The van der Waals surface area contributed by atoms with Crippen LogP contribution in [0.25, 0.3) is 0 Å². The van der Waals surface area contributed by atoms with Gasteiger partial charge in [0, 0.05) is 11.8 Å². The Hall–Kier alpha value is -2.34. The molecule has 2 rings (SSSR count). The van der Waals surface area contributed by atoms with E-state index in [1.807, 2.05) is 32.0 Å². The number of rotatable bonds is 2. The summed E-state index contributed by atoms with van der Waals surface area (Å²) in [6, 6.07) is 13.1. The molecule has 3 heteroatoms. The lowest BCUT2D eigenvalue weighted by atomic mass is 10.1. The van der Waals surface area contributed by atoms with Crippen LogP contribution < -0.4 is 4.74 Å². The molecule has 0 aliphatic carbocycles. The van der Waals surface area contributed by atoms with E-state index in [1.165, 1.54) is 0 Å². The van der Waals surface area contributed by atoms with Gasteiger partial charge in [0.15, 0.2) is 0 Å². The summed E-state index contributed by atoms with van der Waals surface area (Å²) >= 11 is 0. The number of nitrogens with zero attached hydrogens (tertiary/aromatic N) is 2. The lowest BCUT2D eigenvalue weighted by molar-refractivity contribution is 0.461. The standard InChI is InChI=1S/C14H12N2O/c1-10-8-13(7-6-12(10)9-15)17-14-5-3-4-11(2)16-14/h3-8H,1-2H3. The lowest BCUT2D eigenvalue weighted by Crippen LogP contribution is -1.90. The lowest BCUT2D eigenvalue weighted by Gasteiger charge is -2.06. The minimum atomic E-state index is 0.564. The molecule has 3 nitrogen and oxygen atoms in total. The number of aryl methyl sites for hydroxylation is 2. The van der Waals surface area contributed by atoms with Gasteiger partial charge in [0.25, 0.3) is 0 Å². The Morgan fingerprint density at radius 2 is 2.00 bits per heavy atom. The Morgan fingerprint density at radius 3 is 2.65 bits per heavy atom. The summed E-state index contributed by atoms with van der Waals surface area (Å²) < 4.78 is 5.62. The summed E-state index contributed by atoms with van der Waals surface area (Å²) in [4.78, 5) is 4.25. The second kappa shape index (κ2) is 4.67. The number of aromatic nitrogens is 1. The topological polar surface area (TPSA) is 45.9 Å². The van der Waals surface area contributed by atoms with E-state index in [-0.39, 0.29) is 0 Å². The highest BCUT2D eigenvalue weighted by Crippen LogP contribution is 2.22. The van der Waals surface area contributed by atoms with Crippen molar-refractivity contribution in [2.75, 3.05) is 0 Å². The summed E-state index contributed by atoms with van der Waals surface area (Å²) in [5.41, 5.74) is 2.47. The van der Waals surface area contributed by atoms with E-state index in [4.69, 9.17) is 10.00 Å². The van der Waals surface area contributed by atoms with Gasteiger partial charge < -0.3 is 4.74 Å². The maximum Gasteiger partial charge on any atom is 0.219 e. The van der Waals surface area contributed by atoms with Gasteiger partial charge in [-0.3, -0.25) is 0 Å². The Kier molecular flexibility index (Phi) is 3.06. The average molecular weight is 224 g/mol. The molecule has 0 spiro atoms. The molecule has 0 fully saturated rings. The van der Waals surface area contributed by atoms with Gasteiger partial charge in [-0.15, -0.1) is 0 Å². The summed E-state index contributed by atoms with van der Waals surface area (Å²) in [6.45, 7) is 3.80. The van der Waals surface area contributed by atoms with Gasteiger partial charge in [-0.2, -0.15) is 5.26 Å². The molecule has 1 aromatic carbocycles. The van der Waals surface area contributed by atoms with Crippen LogP contribution in [-0.4, -0.2) is 4.98 Å². The minimum Gasteiger partial charge on any atom is -0.439 e. The van der Waals surface area contributed by atoms with Crippen LogP contribution in [0.1, 0.15) is 16.8 Å². The van der Waals surface area contributed by atoms with Crippen molar-refractivity contribution in [3.63, 3.8) is 0 Å². The van der Waals surface area contributed by atoms with E-state index >= 15 is 0 Å². The molecule has 0 aliphatic heterocycles. The monoisotopic (exact) mass is 224 g/mol. The molecular formula is C14H12N2O. The highest BCUT2D eigenvalue weighted by atomic mass is 16.5. The van der Waals surface area contributed by atoms with Crippen molar-refractivity contribution in [2.24, 2.45) is 0 Å². The average Bonchev–Trinajstić information content (AvgIpc) is 2.29. The van der Waals surface area contributed by atoms with Crippen LogP contribution in [0.2, 0.25) is 0 Å². The van der Waals surface area contributed by atoms with Crippen LogP contribution in [0.4, 0.5) is 0 Å². The molecule has 0 bridgehead atoms. The Labute approximate surface area is 100 Å². The first-order valence-corrected chi connectivity index (χ1v) is 5.31. The fourth-order valence-electron chi connectivity index (χ4n) is 1.52. The van der Waals surface area contributed by atoms with E-state index in [1.54, 1.807) is 18.2 Å². The van der Waals surface area contributed by atoms with Gasteiger partial charge in [0.05, 0.1) is 11.6 Å². The van der Waals surface area contributed by atoms with Gasteiger partial charge in [-0.05, 0) is 43.7 Å². The highest BCUT2D eigenvalue weighted by molar-refractivity contribution is 5.42. The molecule has 17 heavy (non-hydrogen) atoms. The van der Waals surface area contributed by atoms with E-state index in [2.05, 4.69) is 11.1 Å². The first kappa shape index (κ1) is 11.2. The van der Waals surface area contributed by atoms with Crippen molar-refractivity contribution in [1.82, 2.24) is 4.98 Å². The summed E-state index contributed by atoms with van der Waals surface area (Å²) in [5.74, 6) is 1.26. The minimum absolute atomic E-state index is 0.564. The Balaban J connectivity index is 2.25. The number of hydrogen-bond donors (Lipinski definition) is 0. The zero-order valence-corrected chi connectivity index (χ0v) is 9.77. The predicted molar refractivity (Wildman–Crippen MR) is 64.9 cm³/mol. The van der Waals surface area contributed by atoms with Gasteiger partial charge >= 0.3 is 0 Å². The Bertz CT molecular complexity index is 585. The maximum absolute atomic E-state index is 8.83. The molecule has 1 aromatic heterocycles. The van der Waals surface area contributed by atoms with E-state index in [9.17, 15) is 0 Å². The van der Waals surface area contributed by atoms with E-state index in [0.29, 0.717) is 17.2 Å². The fraction of sp³-hybridized carbons (Fsp3) is 0.143. The molecule has 1 heterocycles. The summed E-state index contributed by atoms with van der Waals surface area (Å²) in [6.07, 6.45) is 0. The van der Waals surface area contributed by atoms with Crippen LogP contribution in [-0.2, 0) is 0 Å². The van der Waals surface area contributed by atoms with Crippen LogP contribution in [0.5, 0.6) is 11.6 Å². The smallest absolute Gasteiger partial charge is 0.219 e. The fourth-order valence-corrected chi connectivity index (χ4v) is 1.52. The largest absolute Gasteiger partial charge is 0.439 e. The van der Waals surface area contributed by atoms with Crippen molar-refractivity contribution in [3.8, 4) is 17.7 Å². The normalized spacial score (nSPS) is 9.71.